The molecule has 0 unspecified atom stereocenters. The van der Waals surface area contributed by atoms with Gasteiger partial charge < -0.3 is 14.8 Å². The maximum atomic E-state index is 6.13. The molecule has 0 aliphatic carbocycles. The highest BCUT2D eigenvalue weighted by atomic mass is 35.5. The van der Waals surface area contributed by atoms with E-state index in [9.17, 15) is 0 Å². The zero-order valence-electron chi connectivity index (χ0n) is 16.0. The van der Waals surface area contributed by atoms with Crippen LogP contribution in [-0.4, -0.2) is 41.1 Å². The van der Waals surface area contributed by atoms with Crippen molar-refractivity contribution >= 4 is 22.6 Å². The summed E-state index contributed by atoms with van der Waals surface area (Å²) in [4.78, 5) is 7.39. The van der Waals surface area contributed by atoms with E-state index < -0.39 is 0 Å². The Morgan fingerprint density at radius 2 is 1.76 bits per heavy atom. The summed E-state index contributed by atoms with van der Waals surface area (Å²) in [7, 11) is 1.97. The summed E-state index contributed by atoms with van der Waals surface area (Å²) in [5.41, 5.74) is 2.18. The van der Waals surface area contributed by atoms with Crippen molar-refractivity contribution in [3.63, 3.8) is 0 Å². The molecule has 0 atom stereocenters. The van der Waals surface area contributed by atoms with Crippen molar-refractivity contribution in [2.24, 2.45) is 0 Å². The normalized spacial score (nSPS) is 11.7. The summed E-state index contributed by atoms with van der Waals surface area (Å²) < 4.78 is 2.35. The Bertz CT molecular complexity index is 630. The molecule has 0 saturated carbocycles. The third-order valence-corrected chi connectivity index (χ3v) is 4.87. The lowest BCUT2D eigenvalue weighted by molar-refractivity contribution is 0.257. The fraction of sp³-hybridized carbons (Fsp3) is 0.650. The minimum absolute atomic E-state index is 0.749. The molecule has 0 aliphatic heterocycles. The molecule has 1 aromatic heterocycles. The third-order valence-electron chi connectivity index (χ3n) is 4.64. The van der Waals surface area contributed by atoms with Crippen LogP contribution in [0.4, 0.5) is 0 Å². The number of nitrogens with zero attached hydrogens (tertiary/aromatic N) is 3. The lowest BCUT2D eigenvalue weighted by Crippen LogP contribution is -2.28. The van der Waals surface area contributed by atoms with Crippen molar-refractivity contribution < 1.29 is 0 Å². The molecule has 1 heterocycles. The monoisotopic (exact) mass is 364 g/mol. The van der Waals surface area contributed by atoms with Gasteiger partial charge in [-0.2, -0.15) is 0 Å². The molecule has 4 nitrogen and oxygen atoms in total. The fourth-order valence-electron chi connectivity index (χ4n) is 3.25. The van der Waals surface area contributed by atoms with Gasteiger partial charge in [0.05, 0.1) is 17.6 Å². The Morgan fingerprint density at radius 3 is 2.40 bits per heavy atom. The third kappa shape index (κ3) is 5.98. The molecular weight excluding hydrogens is 332 g/mol. The maximum Gasteiger partial charge on any atom is 0.123 e. The number of rotatable bonds is 12. The standard InChI is InChI=1S/C20H33ClN4/c1-4-6-11-24(12-7-5-2)13-8-14-25-19-10-9-17(21)15-18(19)23-20(25)16-22-3/h9-10,15,22H,4-8,11-14,16H2,1-3H3. The van der Waals surface area contributed by atoms with Gasteiger partial charge in [-0.15, -0.1) is 0 Å². The van der Waals surface area contributed by atoms with E-state index in [1.165, 1.54) is 44.3 Å². The van der Waals surface area contributed by atoms with Crippen LogP contribution in [0.5, 0.6) is 0 Å². The van der Waals surface area contributed by atoms with E-state index in [4.69, 9.17) is 16.6 Å². The van der Waals surface area contributed by atoms with Gasteiger partial charge >= 0.3 is 0 Å². The van der Waals surface area contributed by atoms with Gasteiger partial charge in [0.25, 0.3) is 0 Å². The van der Waals surface area contributed by atoms with E-state index >= 15 is 0 Å². The first-order valence-electron chi connectivity index (χ1n) is 9.71. The van der Waals surface area contributed by atoms with Crippen molar-refractivity contribution in [1.82, 2.24) is 19.8 Å². The first-order chi connectivity index (χ1) is 12.2. The van der Waals surface area contributed by atoms with Crippen LogP contribution < -0.4 is 5.32 Å². The van der Waals surface area contributed by atoms with Gasteiger partial charge in [-0.25, -0.2) is 4.98 Å². The van der Waals surface area contributed by atoms with Crippen LogP contribution >= 0.6 is 11.6 Å². The maximum absolute atomic E-state index is 6.13. The van der Waals surface area contributed by atoms with Crippen LogP contribution in [0.2, 0.25) is 5.02 Å². The van der Waals surface area contributed by atoms with E-state index in [0.717, 1.165) is 42.4 Å². The van der Waals surface area contributed by atoms with Gasteiger partial charge in [0.1, 0.15) is 5.82 Å². The van der Waals surface area contributed by atoms with Gasteiger partial charge in [-0.05, 0) is 64.1 Å². The highest BCUT2D eigenvalue weighted by Gasteiger charge is 2.11. The molecule has 2 aromatic rings. The summed E-state index contributed by atoms with van der Waals surface area (Å²) in [6.45, 7) is 9.92. The highest BCUT2D eigenvalue weighted by molar-refractivity contribution is 6.31. The Kier molecular flexibility index (Phi) is 8.73. The van der Waals surface area contributed by atoms with E-state index in [2.05, 4.69) is 34.7 Å². The van der Waals surface area contributed by atoms with Crippen LogP contribution in [-0.2, 0) is 13.1 Å². The molecule has 0 spiro atoms. The Labute approximate surface area is 157 Å². The lowest BCUT2D eigenvalue weighted by Gasteiger charge is -2.22. The average molecular weight is 365 g/mol. The second-order valence-corrected chi connectivity index (χ2v) is 7.18. The molecular formula is C20H33ClN4. The van der Waals surface area contributed by atoms with E-state index in [1.54, 1.807) is 0 Å². The minimum Gasteiger partial charge on any atom is -0.327 e. The number of imidazole rings is 1. The zero-order chi connectivity index (χ0) is 18.1. The molecule has 1 aromatic carbocycles. The number of aromatic nitrogens is 2. The number of unbranched alkanes of at least 4 members (excludes halogenated alkanes) is 2. The summed E-state index contributed by atoms with van der Waals surface area (Å²) in [5.74, 6) is 1.09. The number of halogens is 1. The summed E-state index contributed by atoms with van der Waals surface area (Å²) >= 11 is 6.13. The Morgan fingerprint density at radius 1 is 1.08 bits per heavy atom. The number of aryl methyl sites for hydroxylation is 1. The molecule has 0 saturated heterocycles. The SMILES string of the molecule is CCCCN(CCCC)CCCn1c(CNC)nc2cc(Cl)ccc21. The number of hydrogen-bond acceptors (Lipinski definition) is 3. The van der Waals surface area contributed by atoms with Gasteiger partial charge in [0.15, 0.2) is 0 Å². The number of benzene rings is 1. The molecule has 0 fully saturated rings. The molecule has 25 heavy (non-hydrogen) atoms. The first kappa shape index (κ1) is 20.2. The predicted octanol–water partition coefficient (Wildman–Crippen LogP) is 4.70. The van der Waals surface area contributed by atoms with E-state index in [0.29, 0.717) is 0 Å². The van der Waals surface area contributed by atoms with E-state index in [1.807, 2.05) is 19.2 Å². The van der Waals surface area contributed by atoms with Crippen LogP contribution in [0.15, 0.2) is 18.2 Å². The quantitative estimate of drug-likeness (QED) is 0.592. The Balaban J connectivity index is 2.03. The lowest BCUT2D eigenvalue weighted by atomic mass is 10.2. The smallest absolute Gasteiger partial charge is 0.123 e. The van der Waals surface area contributed by atoms with Crippen LogP contribution in [0, 0.1) is 0 Å². The van der Waals surface area contributed by atoms with Crippen molar-refractivity contribution in [2.75, 3.05) is 26.7 Å². The van der Waals surface area contributed by atoms with Gasteiger partial charge in [-0.3, -0.25) is 0 Å². The highest BCUT2D eigenvalue weighted by Crippen LogP contribution is 2.21. The van der Waals surface area contributed by atoms with Crippen molar-refractivity contribution in [3.8, 4) is 0 Å². The summed E-state index contributed by atoms with van der Waals surface area (Å²) in [6, 6.07) is 6.01. The zero-order valence-corrected chi connectivity index (χ0v) is 16.8. The minimum atomic E-state index is 0.749. The Hall–Kier alpha value is -1.10. The molecule has 1 N–H and O–H groups in total. The summed E-state index contributed by atoms with van der Waals surface area (Å²) in [5, 5.41) is 3.98. The van der Waals surface area contributed by atoms with Gasteiger partial charge in [-0.1, -0.05) is 38.3 Å². The van der Waals surface area contributed by atoms with E-state index in [-0.39, 0.29) is 0 Å². The van der Waals surface area contributed by atoms with Crippen molar-refractivity contribution in [3.05, 3.63) is 29.0 Å². The van der Waals surface area contributed by atoms with Crippen molar-refractivity contribution in [1.29, 1.82) is 0 Å². The first-order valence-corrected chi connectivity index (χ1v) is 10.1. The predicted molar refractivity (Wildman–Crippen MR) is 108 cm³/mol. The second kappa shape index (κ2) is 10.8. The summed E-state index contributed by atoms with van der Waals surface area (Å²) in [6.07, 6.45) is 6.27. The number of hydrogen-bond donors (Lipinski definition) is 1. The second-order valence-electron chi connectivity index (χ2n) is 6.75. The molecule has 0 radical (unpaired) electrons. The number of fused-ring (bicyclic) bond motifs is 1. The fourth-order valence-corrected chi connectivity index (χ4v) is 3.41. The molecule has 0 amide bonds. The van der Waals surface area contributed by atoms with Gasteiger partial charge in [0.2, 0.25) is 0 Å². The van der Waals surface area contributed by atoms with Crippen LogP contribution in [0.25, 0.3) is 11.0 Å². The van der Waals surface area contributed by atoms with Gasteiger partial charge in [0, 0.05) is 11.6 Å². The average Bonchev–Trinajstić information content (AvgIpc) is 2.93. The molecule has 0 bridgehead atoms. The molecule has 0 aliphatic rings. The largest absolute Gasteiger partial charge is 0.327 e. The molecule has 140 valence electrons. The van der Waals surface area contributed by atoms with Crippen molar-refractivity contribution in [2.45, 2.75) is 59.0 Å². The van der Waals surface area contributed by atoms with Crippen LogP contribution in [0.1, 0.15) is 51.8 Å². The number of nitrogens with one attached hydrogen (secondary N) is 1. The topological polar surface area (TPSA) is 33.1 Å². The van der Waals surface area contributed by atoms with Crippen LogP contribution in [0.3, 0.4) is 0 Å². The molecule has 5 heteroatoms. The molecule has 2 rings (SSSR count).